The Hall–Kier alpha value is -2.58. The molecule has 0 radical (unpaired) electrons. The normalized spacial score (nSPS) is 13.5. The molecule has 2 aliphatic rings. The molecule has 4 aromatic rings. The SMILES string of the molecule is C[CH2][Ge]([CH2]C)([c]1cccc2c1Cc1ccccc1-2)[c]1cccc2c1Cc1ccccc1-2. The van der Waals surface area contributed by atoms with Gasteiger partial charge < -0.3 is 0 Å². The van der Waals surface area contributed by atoms with E-state index in [1.807, 2.05) is 0 Å². The second kappa shape index (κ2) is 7.24. The summed E-state index contributed by atoms with van der Waals surface area (Å²) in [5.74, 6) is 0. The summed E-state index contributed by atoms with van der Waals surface area (Å²) in [5.41, 5.74) is 12.1. The third kappa shape index (κ3) is 2.67. The van der Waals surface area contributed by atoms with Gasteiger partial charge in [-0.2, -0.15) is 0 Å². The Kier molecular flexibility index (Phi) is 4.47. The minimum atomic E-state index is -2.56. The number of rotatable bonds is 4. The maximum absolute atomic E-state index is 2.56. The van der Waals surface area contributed by atoms with Crippen molar-refractivity contribution in [3.05, 3.63) is 107 Å². The first kappa shape index (κ1) is 19.1. The number of benzene rings is 4. The predicted molar refractivity (Wildman–Crippen MR) is 135 cm³/mol. The molecule has 0 spiro atoms. The Morgan fingerprint density at radius 1 is 0.516 bits per heavy atom. The zero-order valence-electron chi connectivity index (χ0n) is 18.4. The summed E-state index contributed by atoms with van der Waals surface area (Å²) in [4.78, 5) is 0. The molecule has 0 aliphatic heterocycles. The van der Waals surface area contributed by atoms with E-state index in [0.717, 1.165) is 12.8 Å². The van der Waals surface area contributed by atoms with Crippen molar-refractivity contribution in [2.24, 2.45) is 0 Å². The van der Waals surface area contributed by atoms with Crippen molar-refractivity contribution in [2.75, 3.05) is 0 Å². The van der Waals surface area contributed by atoms with Crippen molar-refractivity contribution in [2.45, 2.75) is 37.2 Å². The van der Waals surface area contributed by atoms with Crippen LogP contribution in [0.3, 0.4) is 0 Å². The van der Waals surface area contributed by atoms with Crippen LogP contribution in [0.2, 0.25) is 10.5 Å². The quantitative estimate of drug-likeness (QED) is 0.266. The van der Waals surface area contributed by atoms with Crippen molar-refractivity contribution in [3.8, 4) is 22.3 Å². The molecule has 1 heteroatoms. The zero-order chi connectivity index (χ0) is 21.0. The van der Waals surface area contributed by atoms with Crippen molar-refractivity contribution >= 4 is 22.1 Å². The van der Waals surface area contributed by atoms with Gasteiger partial charge in [-0.3, -0.25) is 0 Å². The molecule has 0 amide bonds. The standard InChI is InChI=1S/C30H28Ge/c1-3-31(4-2,29-17-9-15-25-23-13-7-5-11-21(23)19-27(25)29)30-18-10-16-26-24-14-8-6-12-22(24)20-28(26)30/h5-18H,3-4,19-20H2,1-2H3. The van der Waals surface area contributed by atoms with E-state index in [1.165, 1.54) is 43.9 Å². The molecular weight excluding hydrogens is 433 g/mol. The van der Waals surface area contributed by atoms with Crippen LogP contribution in [-0.4, -0.2) is 13.3 Å². The summed E-state index contributed by atoms with van der Waals surface area (Å²) in [6.07, 6.45) is 2.20. The first-order valence-corrected chi connectivity index (χ1v) is 16.7. The predicted octanol–water partition coefficient (Wildman–Crippen LogP) is 6.43. The van der Waals surface area contributed by atoms with Crippen molar-refractivity contribution < 1.29 is 0 Å². The monoisotopic (exact) mass is 462 g/mol. The second-order valence-corrected chi connectivity index (χ2v) is 18.9. The van der Waals surface area contributed by atoms with Crippen LogP contribution in [0.15, 0.2) is 84.9 Å². The summed E-state index contributed by atoms with van der Waals surface area (Å²) in [5, 5.41) is 2.60. The molecule has 0 unspecified atom stereocenters. The van der Waals surface area contributed by atoms with E-state index in [4.69, 9.17) is 0 Å². The first-order chi connectivity index (χ1) is 15.3. The molecule has 0 fully saturated rings. The van der Waals surface area contributed by atoms with Gasteiger partial charge in [0.1, 0.15) is 0 Å². The molecule has 0 saturated heterocycles. The van der Waals surface area contributed by atoms with E-state index in [0.29, 0.717) is 0 Å². The van der Waals surface area contributed by atoms with Gasteiger partial charge in [-0.25, -0.2) is 0 Å². The van der Waals surface area contributed by atoms with Gasteiger partial charge in [-0.05, 0) is 0 Å². The topological polar surface area (TPSA) is 0 Å². The van der Waals surface area contributed by atoms with Crippen molar-refractivity contribution in [3.63, 3.8) is 0 Å². The van der Waals surface area contributed by atoms with Crippen LogP contribution in [-0.2, 0) is 12.8 Å². The van der Waals surface area contributed by atoms with Crippen LogP contribution in [0.5, 0.6) is 0 Å². The fourth-order valence-corrected chi connectivity index (χ4v) is 16.3. The third-order valence-electron chi connectivity index (χ3n) is 7.94. The zero-order valence-corrected chi connectivity index (χ0v) is 20.5. The molecule has 2 aliphatic carbocycles. The molecule has 0 aromatic heterocycles. The Labute approximate surface area is 188 Å². The van der Waals surface area contributed by atoms with Crippen LogP contribution >= 0.6 is 0 Å². The van der Waals surface area contributed by atoms with Crippen LogP contribution in [0.4, 0.5) is 0 Å². The van der Waals surface area contributed by atoms with Gasteiger partial charge in [0.15, 0.2) is 0 Å². The molecular formula is C30H28Ge. The number of fused-ring (bicyclic) bond motifs is 6. The molecule has 0 bridgehead atoms. The third-order valence-corrected chi connectivity index (χ3v) is 19.3. The Balaban J connectivity index is 1.58. The minimum absolute atomic E-state index is 1.10. The van der Waals surface area contributed by atoms with Crippen molar-refractivity contribution in [1.29, 1.82) is 0 Å². The molecule has 0 atom stereocenters. The molecule has 0 nitrogen and oxygen atoms in total. The van der Waals surface area contributed by atoms with E-state index in [9.17, 15) is 0 Å². The summed E-state index contributed by atoms with van der Waals surface area (Å²) in [7, 11) is 0. The van der Waals surface area contributed by atoms with Gasteiger partial charge >= 0.3 is 189 Å². The summed E-state index contributed by atoms with van der Waals surface area (Å²) >= 11 is -2.56. The van der Waals surface area contributed by atoms with Gasteiger partial charge in [0.2, 0.25) is 0 Å². The Morgan fingerprint density at radius 2 is 0.935 bits per heavy atom. The molecule has 4 aromatic carbocycles. The van der Waals surface area contributed by atoms with Crippen molar-refractivity contribution in [1.82, 2.24) is 0 Å². The van der Waals surface area contributed by atoms with E-state index in [-0.39, 0.29) is 0 Å². The molecule has 0 N–H and O–H groups in total. The average molecular weight is 461 g/mol. The van der Waals surface area contributed by atoms with Gasteiger partial charge in [0, 0.05) is 0 Å². The number of hydrogen-bond acceptors (Lipinski definition) is 0. The Morgan fingerprint density at radius 3 is 1.39 bits per heavy atom. The molecule has 152 valence electrons. The maximum atomic E-state index is 2.50. The van der Waals surface area contributed by atoms with Gasteiger partial charge in [0.25, 0.3) is 0 Å². The molecule has 6 rings (SSSR count). The van der Waals surface area contributed by atoms with Crippen LogP contribution in [0.25, 0.3) is 22.3 Å². The van der Waals surface area contributed by atoms with Crippen LogP contribution in [0, 0.1) is 0 Å². The first-order valence-electron chi connectivity index (χ1n) is 11.7. The molecule has 0 heterocycles. The van der Waals surface area contributed by atoms with E-state index in [2.05, 4.69) is 98.8 Å². The van der Waals surface area contributed by atoms with E-state index >= 15 is 0 Å². The van der Waals surface area contributed by atoms with Crippen LogP contribution in [0.1, 0.15) is 36.1 Å². The summed E-state index contributed by atoms with van der Waals surface area (Å²) in [6.45, 7) is 4.93. The van der Waals surface area contributed by atoms with Crippen LogP contribution < -0.4 is 8.79 Å². The second-order valence-electron chi connectivity index (χ2n) is 9.12. The van der Waals surface area contributed by atoms with Gasteiger partial charge in [-0.1, -0.05) is 0 Å². The Bertz CT molecular complexity index is 1210. The molecule has 0 saturated carbocycles. The fraction of sp³-hybridized carbons (Fsp3) is 0.200. The fourth-order valence-electron chi connectivity index (χ4n) is 6.37. The number of hydrogen-bond donors (Lipinski definition) is 0. The molecule has 31 heavy (non-hydrogen) atoms. The summed E-state index contributed by atoms with van der Waals surface area (Å²) < 4.78 is 3.45. The van der Waals surface area contributed by atoms with Gasteiger partial charge in [-0.15, -0.1) is 0 Å². The average Bonchev–Trinajstić information content (AvgIpc) is 3.39. The van der Waals surface area contributed by atoms with Gasteiger partial charge in [0.05, 0.1) is 0 Å². The van der Waals surface area contributed by atoms with E-state index in [1.54, 1.807) is 19.9 Å². The summed E-state index contributed by atoms with van der Waals surface area (Å²) in [6, 6.07) is 32.4. The van der Waals surface area contributed by atoms with E-state index < -0.39 is 13.3 Å².